The van der Waals surface area contributed by atoms with Crippen LogP contribution in [0.4, 0.5) is 0 Å². The zero-order chi connectivity index (χ0) is 18.5. The first kappa shape index (κ1) is 19.9. The predicted molar refractivity (Wildman–Crippen MR) is 101 cm³/mol. The van der Waals surface area contributed by atoms with Gasteiger partial charge in [-0.3, -0.25) is 4.79 Å². The van der Waals surface area contributed by atoms with Gasteiger partial charge in [-0.15, -0.1) is 0 Å². The van der Waals surface area contributed by atoms with Crippen LogP contribution < -0.4 is 5.32 Å². The summed E-state index contributed by atoms with van der Waals surface area (Å²) in [6.07, 6.45) is 2.82. The third-order valence-corrected chi connectivity index (χ3v) is 7.30. The molecule has 0 spiro atoms. The number of carbonyl (C=O) groups excluding carboxylic acids is 1. The topological polar surface area (TPSA) is 66.5 Å². The monoisotopic (exact) mass is 366 g/mol. The van der Waals surface area contributed by atoms with E-state index in [4.69, 9.17) is 0 Å². The van der Waals surface area contributed by atoms with Gasteiger partial charge in [0.1, 0.15) is 0 Å². The molecule has 0 aromatic heterocycles. The number of carbonyl (C=O) groups is 1. The Kier molecular flexibility index (Phi) is 6.63. The maximum absolute atomic E-state index is 13.2. The van der Waals surface area contributed by atoms with Crippen LogP contribution in [-0.2, 0) is 20.2 Å². The van der Waals surface area contributed by atoms with E-state index in [1.807, 2.05) is 30.3 Å². The van der Waals surface area contributed by atoms with Crippen LogP contribution in [0.15, 0.2) is 30.3 Å². The fraction of sp³-hybridized carbons (Fsp3) is 0.632. The van der Waals surface area contributed by atoms with Gasteiger partial charge in [0, 0.05) is 19.1 Å². The molecule has 1 amide bonds. The van der Waals surface area contributed by atoms with E-state index in [9.17, 15) is 13.2 Å². The molecule has 1 saturated heterocycles. The maximum atomic E-state index is 13.2. The molecule has 1 heterocycles. The van der Waals surface area contributed by atoms with Gasteiger partial charge in [0.15, 0.2) is 0 Å². The standard InChI is InChI=1S/C19H30N2O3S/c1-4-17(5-2)20-18(22)19(16-10-8-7-9-11-16)12-14-21(15-13-19)25(23,24)6-3/h7-11,17H,4-6,12-15H2,1-3H3,(H,20,22). The van der Waals surface area contributed by atoms with Crippen LogP contribution in [0, 0.1) is 0 Å². The second kappa shape index (κ2) is 8.32. The van der Waals surface area contributed by atoms with Crippen molar-refractivity contribution in [1.29, 1.82) is 0 Å². The van der Waals surface area contributed by atoms with Crippen molar-refractivity contribution in [2.45, 2.75) is 57.9 Å². The van der Waals surface area contributed by atoms with E-state index in [2.05, 4.69) is 19.2 Å². The fourth-order valence-electron chi connectivity index (χ4n) is 3.55. The van der Waals surface area contributed by atoms with Crippen molar-refractivity contribution in [2.75, 3.05) is 18.8 Å². The number of rotatable bonds is 7. The highest BCUT2D eigenvalue weighted by Gasteiger charge is 2.44. The van der Waals surface area contributed by atoms with Crippen LogP contribution in [-0.4, -0.2) is 43.5 Å². The quantitative estimate of drug-likeness (QED) is 0.807. The Hall–Kier alpha value is -1.40. The first-order valence-corrected chi connectivity index (χ1v) is 10.8. The molecular weight excluding hydrogens is 336 g/mol. The summed E-state index contributed by atoms with van der Waals surface area (Å²) in [6.45, 7) is 6.58. The smallest absolute Gasteiger partial charge is 0.230 e. The van der Waals surface area contributed by atoms with E-state index in [1.165, 1.54) is 4.31 Å². The molecule has 2 rings (SSSR count). The molecule has 1 fully saturated rings. The van der Waals surface area contributed by atoms with E-state index >= 15 is 0 Å². The number of sulfonamides is 1. The van der Waals surface area contributed by atoms with E-state index in [0.29, 0.717) is 25.9 Å². The van der Waals surface area contributed by atoms with Crippen molar-refractivity contribution >= 4 is 15.9 Å². The summed E-state index contributed by atoms with van der Waals surface area (Å²) in [4.78, 5) is 13.2. The van der Waals surface area contributed by atoms with Crippen molar-refractivity contribution in [3.63, 3.8) is 0 Å². The first-order chi connectivity index (χ1) is 11.9. The van der Waals surface area contributed by atoms with Crippen LogP contribution in [0.3, 0.4) is 0 Å². The second-order valence-corrected chi connectivity index (χ2v) is 8.99. The minimum Gasteiger partial charge on any atom is -0.353 e. The van der Waals surface area contributed by atoms with Gasteiger partial charge in [-0.2, -0.15) is 0 Å². The van der Waals surface area contributed by atoms with Gasteiger partial charge < -0.3 is 5.32 Å². The number of hydrogen-bond acceptors (Lipinski definition) is 3. The highest BCUT2D eigenvalue weighted by atomic mass is 32.2. The number of amides is 1. The zero-order valence-electron chi connectivity index (χ0n) is 15.5. The summed E-state index contributed by atoms with van der Waals surface area (Å²) in [6, 6.07) is 9.94. The van der Waals surface area contributed by atoms with Gasteiger partial charge in [-0.25, -0.2) is 12.7 Å². The average molecular weight is 367 g/mol. The first-order valence-electron chi connectivity index (χ1n) is 9.24. The molecule has 25 heavy (non-hydrogen) atoms. The number of piperidine rings is 1. The van der Waals surface area contributed by atoms with E-state index in [-0.39, 0.29) is 17.7 Å². The molecule has 140 valence electrons. The van der Waals surface area contributed by atoms with Gasteiger partial charge in [0.25, 0.3) is 0 Å². The zero-order valence-corrected chi connectivity index (χ0v) is 16.3. The Labute approximate surface area is 151 Å². The van der Waals surface area contributed by atoms with Crippen LogP contribution >= 0.6 is 0 Å². The summed E-state index contributed by atoms with van der Waals surface area (Å²) in [5.41, 5.74) is 0.330. The van der Waals surface area contributed by atoms with Crippen molar-refractivity contribution in [1.82, 2.24) is 9.62 Å². The summed E-state index contributed by atoms with van der Waals surface area (Å²) >= 11 is 0. The molecule has 0 saturated carbocycles. The lowest BCUT2D eigenvalue weighted by Crippen LogP contribution is -2.54. The van der Waals surface area contributed by atoms with Crippen LogP contribution in [0.5, 0.6) is 0 Å². The molecule has 6 heteroatoms. The molecule has 1 aromatic carbocycles. The molecule has 1 aromatic rings. The Morgan fingerprint density at radius 2 is 1.68 bits per heavy atom. The Morgan fingerprint density at radius 1 is 1.12 bits per heavy atom. The molecule has 0 bridgehead atoms. The van der Waals surface area contributed by atoms with Crippen LogP contribution in [0.25, 0.3) is 0 Å². The number of nitrogens with zero attached hydrogens (tertiary/aromatic N) is 1. The van der Waals surface area contributed by atoms with E-state index < -0.39 is 15.4 Å². The van der Waals surface area contributed by atoms with Gasteiger partial charge in [0.05, 0.1) is 11.2 Å². The number of benzene rings is 1. The number of nitrogens with one attached hydrogen (secondary N) is 1. The predicted octanol–water partition coefficient (Wildman–Crippen LogP) is 2.67. The van der Waals surface area contributed by atoms with E-state index in [0.717, 1.165) is 18.4 Å². The van der Waals surface area contributed by atoms with Crippen molar-refractivity contribution < 1.29 is 13.2 Å². The lowest BCUT2D eigenvalue weighted by Gasteiger charge is -2.41. The molecular formula is C19H30N2O3S. The molecule has 1 aliphatic rings. The fourth-order valence-corrected chi connectivity index (χ4v) is 4.65. The van der Waals surface area contributed by atoms with Crippen molar-refractivity contribution in [2.24, 2.45) is 0 Å². The third-order valence-electron chi connectivity index (χ3n) is 5.42. The average Bonchev–Trinajstić information content (AvgIpc) is 2.66. The summed E-state index contributed by atoms with van der Waals surface area (Å²) < 4.78 is 25.9. The Morgan fingerprint density at radius 3 is 2.16 bits per heavy atom. The Balaban J connectivity index is 2.29. The maximum Gasteiger partial charge on any atom is 0.230 e. The molecule has 0 aliphatic carbocycles. The normalized spacial score (nSPS) is 18.2. The van der Waals surface area contributed by atoms with Crippen molar-refractivity contribution in [3.05, 3.63) is 35.9 Å². The minimum atomic E-state index is -3.21. The van der Waals surface area contributed by atoms with Crippen LogP contribution in [0.1, 0.15) is 52.0 Å². The minimum absolute atomic E-state index is 0.0287. The van der Waals surface area contributed by atoms with Crippen LogP contribution in [0.2, 0.25) is 0 Å². The Bertz CT molecular complexity index is 661. The van der Waals surface area contributed by atoms with Gasteiger partial charge in [-0.05, 0) is 38.2 Å². The number of hydrogen-bond donors (Lipinski definition) is 1. The second-order valence-electron chi connectivity index (χ2n) is 6.73. The van der Waals surface area contributed by atoms with Gasteiger partial charge >= 0.3 is 0 Å². The van der Waals surface area contributed by atoms with Crippen molar-refractivity contribution in [3.8, 4) is 0 Å². The molecule has 0 unspecified atom stereocenters. The van der Waals surface area contributed by atoms with Gasteiger partial charge in [0.2, 0.25) is 15.9 Å². The van der Waals surface area contributed by atoms with Gasteiger partial charge in [-0.1, -0.05) is 44.2 Å². The lowest BCUT2D eigenvalue weighted by atomic mass is 9.72. The SMILES string of the molecule is CCC(CC)NC(=O)C1(c2ccccc2)CCN(S(=O)(=O)CC)CC1. The van der Waals surface area contributed by atoms with E-state index in [1.54, 1.807) is 6.92 Å². The molecule has 1 aliphatic heterocycles. The molecule has 0 radical (unpaired) electrons. The highest BCUT2D eigenvalue weighted by molar-refractivity contribution is 7.89. The third kappa shape index (κ3) is 4.23. The largest absolute Gasteiger partial charge is 0.353 e. The summed E-state index contributed by atoms with van der Waals surface area (Å²) in [5.74, 6) is 0.131. The summed E-state index contributed by atoms with van der Waals surface area (Å²) in [7, 11) is -3.21. The molecule has 5 nitrogen and oxygen atoms in total. The summed E-state index contributed by atoms with van der Waals surface area (Å²) in [5, 5.41) is 3.19. The lowest BCUT2D eigenvalue weighted by molar-refractivity contribution is -0.129. The molecule has 0 atom stereocenters. The highest BCUT2D eigenvalue weighted by Crippen LogP contribution is 2.37. The molecule has 1 N–H and O–H groups in total.